The van der Waals surface area contributed by atoms with Crippen molar-refractivity contribution >= 4 is 10.2 Å². The Balaban J connectivity index is 2.12. The van der Waals surface area contributed by atoms with Crippen LogP contribution >= 0.6 is 0 Å². The fourth-order valence-corrected chi connectivity index (χ4v) is 2.76. The molecule has 6 heteroatoms. The minimum Gasteiger partial charge on any atom is -0.260 e. The molecular formula is C9H13N3O2S. The Hall–Kier alpha value is -0.980. The van der Waals surface area contributed by atoms with Crippen molar-refractivity contribution in [1.29, 1.82) is 0 Å². The van der Waals surface area contributed by atoms with Crippen molar-refractivity contribution in [3.63, 3.8) is 0 Å². The molecule has 1 fully saturated rings. The minimum atomic E-state index is -3.28. The van der Waals surface area contributed by atoms with E-state index in [9.17, 15) is 8.42 Å². The molecule has 0 aliphatic carbocycles. The van der Waals surface area contributed by atoms with Crippen molar-refractivity contribution in [2.45, 2.75) is 13.0 Å². The van der Waals surface area contributed by atoms with Crippen LogP contribution in [0.2, 0.25) is 0 Å². The second-order valence-electron chi connectivity index (χ2n) is 3.41. The average Bonchev–Trinajstić information content (AvgIpc) is 2.23. The zero-order valence-corrected chi connectivity index (χ0v) is 9.07. The Kier molecular flexibility index (Phi) is 2.99. The Morgan fingerprint density at radius 3 is 3.00 bits per heavy atom. The van der Waals surface area contributed by atoms with Crippen molar-refractivity contribution in [3.8, 4) is 0 Å². The summed E-state index contributed by atoms with van der Waals surface area (Å²) in [5, 5.41) is 0. The lowest BCUT2D eigenvalue weighted by Gasteiger charge is -2.26. The summed E-state index contributed by atoms with van der Waals surface area (Å²) in [6.07, 6.45) is 2.51. The van der Waals surface area contributed by atoms with Crippen LogP contribution in [0.5, 0.6) is 0 Å². The van der Waals surface area contributed by atoms with Gasteiger partial charge in [0.25, 0.3) is 10.2 Å². The van der Waals surface area contributed by atoms with E-state index in [1.807, 2.05) is 18.2 Å². The summed E-state index contributed by atoms with van der Waals surface area (Å²) in [7, 11) is -3.28. The molecule has 1 aromatic rings. The zero-order valence-electron chi connectivity index (χ0n) is 8.26. The van der Waals surface area contributed by atoms with Gasteiger partial charge in [0, 0.05) is 19.3 Å². The van der Waals surface area contributed by atoms with E-state index in [0.29, 0.717) is 19.6 Å². The van der Waals surface area contributed by atoms with Crippen LogP contribution in [-0.2, 0) is 16.8 Å². The van der Waals surface area contributed by atoms with Gasteiger partial charge < -0.3 is 0 Å². The second-order valence-corrected chi connectivity index (χ2v) is 5.16. The summed E-state index contributed by atoms with van der Waals surface area (Å²) >= 11 is 0. The smallest absolute Gasteiger partial charge is 0.260 e. The largest absolute Gasteiger partial charge is 0.279 e. The first-order valence-corrected chi connectivity index (χ1v) is 6.27. The summed E-state index contributed by atoms with van der Waals surface area (Å²) in [4.78, 5) is 4.10. The quantitative estimate of drug-likeness (QED) is 0.780. The SMILES string of the molecule is O=S1(=O)NCCCN1Cc1ccccn1. The van der Waals surface area contributed by atoms with E-state index in [0.717, 1.165) is 12.1 Å². The van der Waals surface area contributed by atoms with Gasteiger partial charge in [-0.05, 0) is 18.6 Å². The number of nitrogens with one attached hydrogen (secondary N) is 1. The molecule has 0 atom stereocenters. The van der Waals surface area contributed by atoms with Crippen molar-refractivity contribution in [2.24, 2.45) is 0 Å². The summed E-state index contributed by atoms with van der Waals surface area (Å²) in [5.74, 6) is 0. The van der Waals surface area contributed by atoms with Gasteiger partial charge in [-0.3, -0.25) is 4.98 Å². The molecule has 82 valence electrons. The maximum absolute atomic E-state index is 11.6. The van der Waals surface area contributed by atoms with Crippen LogP contribution in [-0.4, -0.2) is 30.8 Å². The van der Waals surface area contributed by atoms with Gasteiger partial charge in [0.2, 0.25) is 0 Å². The van der Waals surface area contributed by atoms with Crippen LogP contribution in [0.4, 0.5) is 0 Å². The lowest BCUT2D eigenvalue weighted by atomic mass is 10.3. The first kappa shape index (κ1) is 10.5. The number of hydrogen-bond acceptors (Lipinski definition) is 3. The van der Waals surface area contributed by atoms with Crippen LogP contribution in [0.3, 0.4) is 0 Å². The molecule has 0 aromatic carbocycles. The highest BCUT2D eigenvalue weighted by Gasteiger charge is 2.25. The predicted octanol–water partition coefficient (Wildman–Crippen LogP) is 0.122. The zero-order chi connectivity index (χ0) is 10.7. The Morgan fingerprint density at radius 1 is 1.47 bits per heavy atom. The first-order chi connectivity index (χ1) is 7.18. The van der Waals surface area contributed by atoms with Crippen LogP contribution < -0.4 is 4.72 Å². The summed E-state index contributed by atoms with van der Waals surface area (Å²) < 4.78 is 27.1. The molecule has 2 rings (SSSR count). The molecule has 1 saturated heterocycles. The van der Waals surface area contributed by atoms with Crippen LogP contribution in [0.1, 0.15) is 12.1 Å². The first-order valence-electron chi connectivity index (χ1n) is 4.83. The third-order valence-corrected chi connectivity index (χ3v) is 3.83. The molecule has 0 amide bonds. The average molecular weight is 227 g/mol. The summed E-state index contributed by atoms with van der Waals surface area (Å²) in [5.41, 5.74) is 0.768. The van der Waals surface area contributed by atoms with Gasteiger partial charge in [0.05, 0.1) is 12.2 Å². The van der Waals surface area contributed by atoms with Gasteiger partial charge in [-0.2, -0.15) is 12.7 Å². The summed E-state index contributed by atoms with van der Waals surface area (Å²) in [6, 6.07) is 5.49. The number of nitrogens with zero attached hydrogens (tertiary/aromatic N) is 2. The number of rotatable bonds is 2. The van der Waals surface area contributed by atoms with Gasteiger partial charge in [0.15, 0.2) is 0 Å². The third-order valence-electron chi connectivity index (χ3n) is 2.27. The highest BCUT2D eigenvalue weighted by atomic mass is 32.2. The van der Waals surface area contributed by atoms with Gasteiger partial charge >= 0.3 is 0 Å². The van der Waals surface area contributed by atoms with E-state index < -0.39 is 10.2 Å². The topological polar surface area (TPSA) is 62.3 Å². The van der Waals surface area contributed by atoms with Gasteiger partial charge in [-0.1, -0.05) is 6.07 Å². The molecule has 0 unspecified atom stereocenters. The number of hydrogen-bond donors (Lipinski definition) is 1. The Labute approximate surface area is 89.3 Å². The van der Waals surface area contributed by atoms with Crippen LogP contribution in [0.15, 0.2) is 24.4 Å². The molecule has 5 nitrogen and oxygen atoms in total. The monoisotopic (exact) mass is 227 g/mol. The Morgan fingerprint density at radius 2 is 2.33 bits per heavy atom. The molecule has 0 radical (unpaired) electrons. The molecule has 2 heterocycles. The molecule has 1 aliphatic rings. The highest BCUT2D eigenvalue weighted by molar-refractivity contribution is 7.87. The molecular weight excluding hydrogens is 214 g/mol. The molecule has 0 saturated carbocycles. The molecule has 0 bridgehead atoms. The Bertz CT molecular complexity index is 418. The van der Waals surface area contributed by atoms with E-state index in [2.05, 4.69) is 9.71 Å². The second kappa shape index (κ2) is 4.26. The highest BCUT2D eigenvalue weighted by Crippen LogP contribution is 2.09. The lowest BCUT2D eigenvalue weighted by molar-refractivity contribution is 0.366. The lowest BCUT2D eigenvalue weighted by Crippen LogP contribution is -2.46. The van der Waals surface area contributed by atoms with E-state index in [1.165, 1.54) is 4.31 Å². The normalized spacial score (nSPS) is 21.3. The molecule has 15 heavy (non-hydrogen) atoms. The predicted molar refractivity (Wildman–Crippen MR) is 56.2 cm³/mol. The van der Waals surface area contributed by atoms with Crippen LogP contribution in [0.25, 0.3) is 0 Å². The molecule has 1 aliphatic heterocycles. The van der Waals surface area contributed by atoms with E-state index in [-0.39, 0.29) is 0 Å². The number of aromatic nitrogens is 1. The van der Waals surface area contributed by atoms with Crippen molar-refractivity contribution in [3.05, 3.63) is 30.1 Å². The maximum Gasteiger partial charge on any atom is 0.279 e. The van der Waals surface area contributed by atoms with Gasteiger partial charge in [0.1, 0.15) is 0 Å². The van der Waals surface area contributed by atoms with Crippen molar-refractivity contribution < 1.29 is 8.42 Å². The fraction of sp³-hybridized carbons (Fsp3) is 0.444. The van der Waals surface area contributed by atoms with E-state index in [1.54, 1.807) is 6.20 Å². The standard InChI is InChI=1S/C9H13N3O2S/c13-15(14)11-6-3-7-12(15)8-9-4-1-2-5-10-9/h1-2,4-5,11H,3,6-8H2. The van der Waals surface area contributed by atoms with Crippen molar-refractivity contribution in [1.82, 2.24) is 14.0 Å². The third kappa shape index (κ3) is 2.53. The van der Waals surface area contributed by atoms with Gasteiger partial charge in [-0.15, -0.1) is 0 Å². The van der Waals surface area contributed by atoms with Crippen molar-refractivity contribution in [2.75, 3.05) is 13.1 Å². The maximum atomic E-state index is 11.6. The van der Waals surface area contributed by atoms with Crippen LogP contribution in [0, 0.1) is 0 Å². The molecule has 1 aromatic heterocycles. The fourth-order valence-electron chi connectivity index (χ4n) is 1.50. The molecule has 0 spiro atoms. The summed E-state index contributed by atoms with van der Waals surface area (Å²) in [6.45, 7) is 1.43. The molecule has 1 N–H and O–H groups in total. The van der Waals surface area contributed by atoms with E-state index in [4.69, 9.17) is 0 Å². The number of pyridine rings is 1. The van der Waals surface area contributed by atoms with E-state index >= 15 is 0 Å². The minimum absolute atomic E-state index is 0.343. The van der Waals surface area contributed by atoms with Gasteiger partial charge in [-0.25, -0.2) is 4.72 Å².